The maximum Gasteiger partial charge on any atom is 0.472 e. The van der Waals surface area contributed by atoms with Gasteiger partial charge in [-0.25, -0.2) is 9.13 Å². The van der Waals surface area contributed by atoms with Crippen LogP contribution in [0, 0.1) is 0 Å². The lowest BCUT2D eigenvalue weighted by Crippen LogP contribution is -2.30. The third kappa shape index (κ3) is 40.6. The van der Waals surface area contributed by atoms with Crippen molar-refractivity contribution in [1.29, 1.82) is 0 Å². The Labute approximate surface area is 332 Å². The van der Waals surface area contributed by atoms with E-state index in [4.69, 9.17) is 23.8 Å². The average molecular weight is 827 g/mol. The molecular weight excluding hydrogens is 750 g/mol. The quantitative estimate of drug-likeness (QED) is 0.0197. The molecule has 0 aromatic heterocycles. The van der Waals surface area contributed by atoms with E-state index < -0.39 is 59.6 Å². The Morgan fingerprint density at radius 2 is 0.891 bits per heavy atom. The SMILES string of the molecule is CCCCCC/C=C\CCCCCCCC(=O)O[C@H](COC(=O)CCCCCCC/C=C\CCCCCCCC)COP(=O)(O)OC[C@@H](O)COP(=O)(O)O. The fraction of sp³-hybridized carbons (Fsp3) is 0.850. The largest absolute Gasteiger partial charge is 0.472 e. The molecule has 3 atom stereocenters. The predicted molar refractivity (Wildman–Crippen MR) is 216 cm³/mol. The normalized spacial score (nSPS) is 14.4. The smallest absolute Gasteiger partial charge is 0.462 e. The molecule has 55 heavy (non-hydrogen) atoms. The Balaban J connectivity index is 4.55. The van der Waals surface area contributed by atoms with E-state index in [-0.39, 0.29) is 19.4 Å². The summed E-state index contributed by atoms with van der Waals surface area (Å²) >= 11 is 0. The Hall–Kier alpha value is -1.40. The second-order valence-corrected chi connectivity index (χ2v) is 16.9. The molecule has 0 spiro atoms. The Bertz CT molecular complexity index is 1080. The number of phosphoric ester groups is 2. The second-order valence-electron chi connectivity index (χ2n) is 14.3. The highest BCUT2D eigenvalue weighted by Crippen LogP contribution is 2.43. The van der Waals surface area contributed by atoms with Gasteiger partial charge in [0.2, 0.25) is 0 Å². The van der Waals surface area contributed by atoms with E-state index in [1.54, 1.807) is 0 Å². The molecule has 0 aliphatic rings. The van der Waals surface area contributed by atoms with Crippen molar-refractivity contribution in [3.8, 4) is 0 Å². The summed E-state index contributed by atoms with van der Waals surface area (Å²) in [6.45, 7) is 1.72. The molecule has 0 aromatic carbocycles. The first-order valence-corrected chi connectivity index (χ1v) is 24.1. The summed E-state index contributed by atoms with van der Waals surface area (Å²) in [6.07, 6.45) is 33.1. The molecule has 0 amide bonds. The van der Waals surface area contributed by atoms with Gasteiger partial charge in [0.1, 0.15) is 12.7 Å². The van der Waals surface area contributed by atoms with E-state index in [2.05, 4.69) is 47.2 Å². The number of aliphatic hydroxyl groups excluding tert-OH is 1. The highest BCUT2D eigenvalue weighted by Gasteiger charge is 2.28. The van der Waals surface area contributed by atoms with Gasteiger partial charge in [-0.15, -0.1) is 0 Å². The Morgan fingerprint density at radius 1 is 0.509 bits per heavy atom. The van der Waals surface area contributed by atoms with Crippen LogP contribution in [0.3, 0.4) is 0 Å². The van der Waals surface area contributed by atoms with Crippen molar-refractivity contribution in [3.63, 3.8) is 0 Å². The molecule has 1 unspecified atom stereocenters. The predicted octanol–water partition coefficient (Wildman–Crippen LogP) is 10.3. The molecule has 15 heteroatoms. The molecule has 0 saturated carbocycles. The van der Waals surface area contributed by atoms with Gasteiger partial charge in [-0.05, 0) is 64.2 Å². The van der Waals surface area contributed by atoms with Crippen molar-refractivity contribution in [3.05, 3.63) is 24.3 Å². The minimum Gasteiger partial charge on any atom is -0.462 e. The number of carbonyl (C=O) groups excluding carboxylic acids is 2. The molecule has 0 aliphatic carbocycles. The van der Waals surface area contributed by atoms with Gasteiger partial charge in [-0.2, -0.15) is 0 Å². The van der Waals surface area contributed by atoms with Crippen LogP contribution < -0.4 is 0 Å². The number of hydrogen-bond acceptors (Lipinski definition) is 10. The van der Waals surface area contributed by atoms with Crippen LogP contribution in [-0.4, -0.2) is 70.4 Å². The Kier molecular flexibility index (Phi) is 36.0. The van der Waals surface area contributed by atoms with E-state index in [9.17, 15) is 28.7 Å². The van der Waals surface area contributed by atoms with Crippen LogP contribution in [0.15, 0.2) is 24.3 Å². The highest BCUT2D eigenvalue weighted by atomic mass is 31.2. The first-order chi connectivity index (χ1) is 26.4. The van der Waals surface area contributed by atoms with Gasteiger partial charge >= 0.3 is 27.6 Å². The molecule has 13 nitrogen and oxygen atoms in total. The number of ether oxygens (including phenoxy) is 2. The zero-order valence-corrected chi connectivity index (χ0v) is 35.8. The van der Waals surface area contributed by atoms with E-state index in [0.717, 1.165) is 77.0 Å². The van der Waals surface area contributed by atoms with Crippen molar-refractivity contribution in [2.45, 2.75) is 193 Å². The molecule has 0 aliphatic heterocycles. The molecule has 0 radical (unpaired) electrons. The minimum absolute atomic E-state index is 0.121. The number of allylic oxidation sites excluding steroid dienone is 4. The summed E-state index contributed by atoms with van der Waals surface area (Å²) in [5.41, 5.74) is 0. The van der Waals surface area contributed by atoms with Crippen LogP contribution in [0.5, 0.6) is 0 Å². The van der Waals surface area contributed by atoms with Gasteiger partial charge in [0.15, 0.2) is 6.10 Å². The van der Waals surface area contributed by atoms with Crippen LogP contribution in [-0.2, 0) is 41.8 Å². The zero-order valence-electron chi connectivity index (χ0n) is 34.0. The topological polar surface area (TPSA) is 195 Å². The first-order valence-electron chi connectivity index (χ1n) is 21.0. The van der Waals surface area contributed by atoms with Crippen molar-refractivity contribution in [2.24, 2.45) is 0 Å². The monoisotopic (exact) mass is 826 g/mol. The van der Waals surface area contributed by atoms with Crippen molar-refractivity contribution >= 4 is 27.6 Å². The van der Waals surface area contributed by atoms with Crippen LogP contribution in [0.25, 0.3) is 0 Å². The van der Waals surface area contributed by atoms with Crippen LogP contribution >= 0.6 is 15.6 Å². The molecule has 0 bridgehead atoms. The molecule has 0 heterocycles. The number of carbonyl (C=O) groups is 2. The lowest BCUT2D eigenvalue weighted by molar-refractivity contribution is -0.161. The lowest BCUT2D eigenvalue weighted by Gasteiger charge is -2.20. The fourth-order valence-corrected chi connectivity index (χ4v) is 6.73. The third-order valence-corrected chi connectivity index (χ3v) is 10.2. The van der Waals surface area contributed by atoms with E-state index in [0.29, 0.717) is 12.8 Å². The van der Waals surface area contributed by atoms with Crippen molar-refractivity contribution in [1.82, 2.24) is 0 Å². The fourth-order valence-electron chi connectivity index (χ4n) is 5.57. The molecule has 4 N–H and O–H groups in total. The summed E-state index contributed by atoms with van der Waals surface area (Å²) in [6, 6.07) is 0. The minimum atomic E-state index is -4.86. The van der Waals surface area contributed by atoms with Crippen LogP contribution in [0.1, 0.15) is 181 Å². The molecular formula is C40H76O13P2. The number of aliphatic hydroxyl groups is 1. The third-order valence-electron chi connectivity index (χ3n) is 8.80. The summed E-state index contributed by atoms with van der Waals surface area (Å²) in [5, 5.41) is 9.73. The van der Waals surface area contributed by atoms with Crippen LogP contribution in [0.4, 0.5) is 0 Å². The summed E-state index contributed by atoms with van der Waals surface area (Å²) in [5.74, 6) is -1.05. The van der Waals surface area contributed by atoms with Crippen molar-refractivity contribution in [2.75, 3.05) is 26.4 Å². The average Bonchev–Trinajstić information content (AvgIpc) is 3.14. The number of hydrogen-bond donors (Lipinski definition) is 4. The van der Waals surface area contributed by atoms with Gasteiger partial charge in [0.25, 0.3) is 0 Å². The maximum absolute atomic E-state index is 12.6. The molecule has 0 saturated heterocycles. The zero-order chi connectivity index (χ0) is 40.9. The van der Waals surface area contributed by atoms with E-state index in [1.807, 2.05) is 0 Å². The summed E-state index contributed by atoms with van der Waals surface area (Å²) in [4.78, 5) is 52.6. The molecule has 0 aromatic rings. The van der Waals surface area contributed by atoms with Gasteiger partial charge in [-0.1, -0.05) is 128 Å². The summed E-state index contributed by atoms with van der Waals surface area (Å²) < 4.78 is 47.7. The standard InChI is InChI=1S/C40H76O13P2/c1-3-5-7-9-11-13-15-17-18-20-21-23-25-27-29-31-39(42)49-35-38(36-52-55(47,48)51-34-37(41)33-50-54(44,45)46)53-40(43)32-30-28-26-24-22-19-16-14-12-10-8-6-4-2/h14,16-18,37-38,41H,3-13,15,19-36H2,1-2H3,(H,47,48)(H2,44,45,46)/b16-14-,18-17-/t37-,38+/m0/s1. The van der Waals surface area contributed by atoms with Gasteiger partial charge < -0.3 is 29.3 Å². The van der Waals surface area contributed by atoms with E-state index >= 15 is 0 Å². The number of esters is 2. The summed E-state index contributed by atoms with van der Waals surface area (Å²) in [7, 11) is -9.66. The lowest BCUT2D eigenvalue weighted by atomic mass is 10.1. The van der Waals surface area contributed by atoms with Crippen LogP contribution in [0.2, 0.25) is 0 Å². The van der Waals surface area contributed by atoms with Crippen molar-refractivity contribution < 1.29 is 61.6 Å². The molecule has 324 valence electrons. The van der Waals surface area contributed by atoms with Gasteiger partial charge in [0, 0.05) is 12.8 Å². The second kappa shape index (κ2) is 36.9. The first kappa shape index (κ1) is 53.6. The maximum atomic E-state index is 12.6. The van der Waals surface area contributed by atoms with E-state index in [1.165, 1.54) is 64.2 Å². The highest BCUT2D eigenvalue weighted by molar-refractivity contribution is 7.47. The Morgan fingerprint density at radius 3 is 1.36 bits per heavy atom. The number of phosphoric acid groups is 2. The molecule has 0 fully saturated rings. The number of rotatable bonds is 40. The number of unbranched alkanes of at least 4 members (excludes halogenated alkanes) is 20. The van der Waals surface area contributed by atoms with Gasteiger partial charge in [0.05, 0.1) is 19.8 Å². The molecule has 0 rings (SSSR count). The van der Waals surface area contributed by atoms with Gasteiger partial charge in [-0.3, -0.25) is 23.2 Å².